The lowest BCUT2D eigenvalue weighted by molar-refractivity contribution is 0.553. The van der Waals surface area contributed by atoms with Crippen LogP contribution in [0.5, 0.6) is 0 Å². The summed E-state index contributed by atoms with van der Waals surface area (Å²) in [4.78, 5) is 2.01. The molecule has 2 heteroatoms. The zero-order valence-corrected chi connectivity index (χ0v) is 10.1. The zero-order chi connectivity index (χ0) is 11.3. The SMILES string of the molecule is C#CC.CC.CN/C(C)=C\N(C)C. The van der Waals surface area contributed by atoms with Crippen molar-refractivity contribution in [1.29, 1.82) is 0 Å². The van der Waals surface area contributed by atoms with E-state index in [0.29, 0.717) is 0 Å². The Labute approximate surface area is 84.0 Å². The van der Waals surface area contributed by atoms with Gasteiger partial charge in [0.15, 0.2) is 0 Å². The standard InChI is InChI=1S/C6H14N2.C3H4.C2H6/c1-6(7-2)5-8(3)4;1-3-2;1-2/h5,7H,1-4H3;1H,2H3;1-2H3/b6-5-;;. The smallest absolute Gasteiger partial charge is 0.0234 e. The summed E-state index contributed by atoms with van der Waals surface area (Å²) >= 11 is 0. The van der Waals surface area contributed by atoms with Crippen LogP contribution in [0.4, 0.5) is 0 Å². The van der Waals surface area contributed by atoms with Crippen LogP contribution < -0.4 is 5.32 Å². The van der Waals surface area contributed by atoms with Crippen molar-refractivity contribution in [1.82, 2.24) is 10.2 Å². The molecule has 0 aliphatic rings. The van der Waals surface area contributed by atoms with Crippen molar-refractivity contribution in [3.05, 3.63) is 11.9 Å². The lowest BCUT2D eigenvalue weighted by atomic mass is 10.5. The molecule has 0 unspecified atom stereocenters. The molecule has 0 atom stereocenters. The number of hydrogen-bond acceptors (Lipinski definition) is 2. The molecule has 0 spiro atoms. The maximum atomic E-state index is 4.60. The summed E-state index contributed by atoms with van der Waals surface area (Å²) in [6.45, 7) is 7.68. The van der Waals surface area contributed by atoms with E-state index in [9.17, 15) is 0 Å². The first-order valence-corrected chi connectivity index (χ1v) is 4.48. The molecule has 0 heterocycles. The van der Waals surface area contributed by atoms with E-state index in [0.717, 1.165) is 0 Å². The van der Waals surface area contributed by atoms with E-state index < -0.39 is 0 Å². The molecule has 0 saturated heterocycles. The largest absolute Gasteiger partial charge is 0.390 e. The lowest BCUT2D eigenvalue weighted by Crippen LogP contribution is -2.08. The van der Waals surface area contributed by atoms with E-state index >= 15 is 0 Å². The molecule has 0 saturated carbocycles. The predicted molar refractivity (Wildman–Crippen MR) is 62.4 cm³/mol. The summed E-state index contributed by atoms with van der Waals surface area (Å²) in [7, 11) is 5.91. The van der Waals surface area contributed by atoms with Gasteiger partial charge in [0, 0.05) is 33.0 Å². The molecular weight excluding hydrogens is 160 g/mol. The van der Waals surface area contributed by atoms with Crippen LogP contribution in [-0.2, 0) is 0 Å². The van der Waals surface area contributed by atoms with E-state index in [1.165, 1.54) is 5.70 Å². The average molecular weight is 184 g/mol. The fraction of sp³-hybridized carbons (Fsp3) is 0.636. The van der Waals surface area contributed by atoms with Crippen molar-refractivity contribution in [3.8, 4) is 12.3 Å². The summed E-state index contributed by atoms with van der Waals surface area (Å²) in [5, 5.41) is 3.02. The van der Waals surface area contributed by atoms with Gasteiger partial charge >= 0.3 is 0 Å². The second-order valence-corrected chi connectivity index (χ2v) is 2.31. The highest BCUT2D eigenvalue weighted by atomic mass is 15.0. The number of allylic oxidation sites excluding steroid dienone is 1. The molecule has 0 bridgehead atoms. The Balaban J connectivity index is -0.000000169. The average Bonchev–Trinajstić information content (AvgIpc) is 2.08. The van der Waals surface area contributed by atoms with Crippen LogP contribution in [0.2, 0.25) is 0 Å². The van der Waals surface area contributed by atoms with Crippen LogP contribution in [-0.4, -0.2) is 26.0 Å². The first-order chi connectivity index (χ1) is 6.08. The van der Waals surface area contributed by atoms with Crippen molar-refractivity contribution in [2.75, 3.05) is 21.1 Å². The maximum Gasteiger partial charge on any atom is 0.0234 e. The highest BCUT2D eigenvalue weighted by Gasteiger charge is 1.80. The third-order valence-corrected chi connectivity index (χ3v) is 0.846. The van der Waals surface area contributed by atoms with Crippen LogP contribution in [0.25, 0.3) is 0 Å². The number of nitrogens with one attached hydrogen (secondary N) is 1. The number of nitrogens with zero attached hydrogens (tertiary/aromatic N) is 1. The molecule has 0 aromatic rings. The van der Waals surface area contributed by atoms with Gasteiger partial charge in [0.2, 0.25) is 0 Å². The first kappa shape index (κ1) is 17.8. The number of rotatable bonds is 2. The van der Waals surface area contributed by atoms with Gasteiger partial charge < -0.3 is 10.2 Å². The van der Waals surface area contributed by atoms with Gasteiger partial charge in [0.1, 0.15) is 0 Å². The Morgan fingerprint density at radius 1 is 1.38 bits per heavy atom. The van der Waals surface area contributed by atoms with Gasteiger partial charge in [-0.1, -0.05) is 13.8 Å². The quantitative estimate of drug-likeness (QED) is 0.662. The molecule has 0 amide bonds. The summed E-state index contributed by atoms with van der Waals surface area (Å²) in [6.07, 6.45) is 6.62. The van der Waals surface area contributed by atoms with E-state index in [2.05, 4.69) is 17.7 Å². The Kier molecular flexibility index (Phi) is 23.5. The molecule has 78 valence electrons. The van der Waals surface area contributed by atoms with Crippen LogP contribution in [0.15, 0.2) is 11.9 Å². The van der Waals surface area contributed by atoms with Crippen LogP contribution in [0.3, 0.4) is 0 Å². The van der Waals surface area contributed by atoms with Gasteiger partial charge in [-0.3, -0.25) is 0 Å². The lowest BCUT2D eigenvalue weighted by Gasteiger charge is -2.06. The predicted octanol–water partition coefficient (Wildman–Crippen LogP) is 2.29. The molecule has 13 heavy (non-hydrogen) atoms. The fourth-order valence-corrected chi connectivity index (χ4v) is 0.452. The Morgan fingerprint density at radius 2 is 1.69 bits per heavy atom. The Bertz CT molecular complexity index is 141. The highest BCUT2D eigenvalue weighted by molar-refractivity contribution is 4.91. The van der Waals surface area contributed by atoms with Gasteiger partial charge in [-0.15, -0.1) is 12.3 Å². The third kappa shape index (κ3) is 36.0. The van der Waals surface area contributed by atoms with Crippen molar-refractivity contribution in [2.45, 2.75) is 27.7 Å². The van der Waals surface area contributed by atoms with Crippen LogP contribution >= 0.6 is 0 Å². The van der Waals surface area contributed by atoms with Gasteiger partial charge in [0.25, 0.3) is 0 Å². The molecule has 0 rings (SSSR count). The van der Waals surface area contributed by atoms with Gasteiger partial charge in [-0.05, 0) is 13.8 Å². The second-order valence-electron chi connectivity index (χ2n) is 2.31. The highest BCUT2D eigenvalue weighted by Crippen LogP contribution is 1.84. The Hall–Kier alpha value is -1.10. The summed E-state index contributed by atoms with van der Waals surface area (Å²) < 4.78 is 0. The minimum Gasteiger partial charge on any atom is -0.390 e. The van der Waals surface area contributed by atoms with Crippen molar-refractivity contribution < 1.29 is 0 Å². The van der Waals surface area contributed by atoms with E-state index in [1.54, 1.807) is 6.92 Å². The topological polar surface area (TPSA) is 15.3 Å². The summed E-state index contributed by atoms with van der Waals surface area (Å²) in [5.41, 5.74) is 1.18. The molecule has 1 N–H and O–H groups in total. The molecule has 0 aliphatic heterocycles. The van der Waals surface area contributed by atoms with Crippen molar-refractivity contribution >= 4 is 0 Å². The van der Waals surface area contributed by atoms with E-state index in [-0.39, 0.29) is 0 Å². The van der Waals surface area contributed by atoms with Crippen LogP contribution in [0, 0.1) is 12.3 Å². The number of terminal acetylenes is 1. The Morgan fingerprint density at radius 3 is 1.77 bits per heavy atom. The molecule has 0 aliphatic carbocycles. The molecule has 0 fully saturated rings. The zero-order valence-electron chi connectivity index (χ0n) is 10.1. The first-order valence-electron chi connectivity index (χ1n) is 4.48. The van der Waals surface area contributed by atoms with Gasteiger partial charge in [-0.25, -0.2) is 0 Å². The number of hydrogen-bond donors (Lipinski definition) is 1. The molecule has 0 aromatic carbocycles. The normalized spacial score (nSPS) is 8.00. The van der Waals surface area contributed by atoms with Gasteiger partial charge in [0.05, 0.1) is 0 Å². The van der Waals surface area contributed by atoms with Gasteiger partial charge in [-0.2, -0.15) is 0 Å². The molecule has 0 radical (unpaired) electrons. The fourth-order valence-electron chi connectivity index (χ4n) is 0.452. The van der Waals surface area contributed by atoms with Crippen LogP contribution in [0.1, 0.15) is 27.7 Å². The summed E-state index contributed by atoms with van der Waals surface area (Å²) in [5.74, 6) is 2.25. The van der Waals surface area contributed by atoms with Crippen molar-refractivity contribution in [3.63, 3.8) is 0 Å². The second kappa shape index (κ2) is 17.1. The minimum atomic E-state index is 1.18. The maximum absolute atomic E-state index is 4.60. The van der Waals surface area contributed by atoms with E-state index in [1.807, 2.05) is 53.0 Å². The molecule has 2 nitrogen and oxygen atoms in total. The minimum absolute atomic E-state index is 1.18. The monoisotopic (exact) mass is 184 g/mol. The van der Waals surface area contributed by atoms with Crippen molar-refractivity contribution in [2.24, 2.45) is 0 Å². The van der Waals surface area contributed by atoms with E-state index in [4.69, 9.17) is 0 Å². The molecular formula is C11H24N2. The molecule has 0 aromatic heterocycles. The summed E-state index contributed by atoms with van der Waals surface area (Å²) in [6, 6.07) is 0. The third-order valence-electron chi connectivity index (χ3n) is 0.846.